The van der Waals surface area contributed by atoms with Gasteiger partial charge in [0.25, 0.3) is 0 Å². The number of rotatable bonds is 3. The van der Waals surface area contributed by atoms with Crippen LogP contribution in [0.2, 0.25) is 0 Å². The van der Waals surface area contributed by atoms with E-state index in [0.29, 0.717) is 12.2 Å². The molecule has 3 aromatic rings. The average Bonchev–Trinajstić information content (AvgIpc) is 3.02. The average molecular weight is 271 g/mol. The largest absolute Gasteiger partial charge is 0.464 e. The second-order valence-corrected chi connectivity index (χ2v) is 5.17. The quantitative estimate of drug-likeness (QED) is 0.682. The summed E-state index contributed by atoms with van der Waals surface area (Å²) in [5, 5.41) is 3.12. The van der Waals surface area contributed by atoms with Crippen molar-refractivity contribution >= 4 is 27.5 Å². The second-order valence-electron chi connectivity index (χ2n) is 4.27. The summed E-state index contributed by atoms with van der Waals surface area (Å²) in [5.41, 5.74) is 1.77. The molecule has 0 atom stereocenters. The van der Waals surface area contributed by atoms with Gasteiger partial charge in [-0.1, -0.05) is 30.3 Å². The molecule has 0 spiro atoms. The number of carbonyl (C=O) groups excluding carboxylic acids is 1. The van der Waals surface area contributed by atoms with E-state index in [1.165, 1.54) is 12.7 Å². The number of methoxy groups -OCH3 is 1. The third kappa shape index (κ3) is 2.15. The minimum Gasteiger partial charge on any atom is -0.464 e. The molecule has 4 heteroatoms. The zero-order valence-electron chi connectivity index (χ0n) is 10.5. The molecule has 0 amide bonds. The molecule has 0 fully saturated rings. The molecule has 0 unspecified atom stereocenters. The fourth-order valence-corrected chi connectivity index (χ4v) is 3.07. The Bertz CT molecular complexity index is 712. The van der Waals surface area contributed by atoms with Crippen molar-refractivity contribution in [3.63, 3.8) is 0 Å². The smallest absolute Gasteiger partial charge is 0.354 e. The van der Waals surface area contributed by atoms with Crippen LogP contribution in [-0.2, 0) is 11.3 Å². The first-order valence-corrected chi connectivity index (χ1v) is 6.86. The number of carbonyl (C=O) groups is 1. The van der Waals surface area contributed by atoms with E-state index >= 15 is 0 Å². The summed E-state index contributed by atoms with van der Waals surface area (Å²) in [7, 11) is 1.41. The number of nitrogens with zero attached hydrogens (tertiary/aromatic N) is 1. The van der Waals surface area contributed by atoms with Crippen LogP contribution in [0.4, 0.5) is 0 Å². The monoisotopic (exact) mass is 271 g/mol. The van der Waals surface area contributed by atoms with Crippen LogP contribution in [0.3, 0.4) is 0 Å². The Morgan fingerprint density at radius 2 is 2.05 bits per heavy atom. The van der Waals surface area contributed by atoms with Crippen LogP contribution < -0.4 is 0 Å². The van der Waals surface area contributed by atoms with Crippen LogP contribution in [0, 0.1) is 0 Å². The molecule has 0 aliphatic heterocycles. The Balaban J connectivity index is 2.09. The first-order valence-electron chi connectivity index (χ1n) is 5.98. The number of aromatic nitrogens is 1. The highest BCUT2D eigenvalue weighted by atomic mass is 32.1. The summed E-state index contributed by atoms with van der Waals surface area (Å²) in [4.78, 5) is 13.0. The lowest BCUT2D eigenvalue weighted by atomic mass is 10.2. The molecule has 0 aliphatic carbocycles. The maximum atomic E-state index is 11.9. The fourth-order valence-electron chi connectivity index (χ4n) is 2.17. The van der Waals surface area contributed by atoms with Crippen molar-refractivity contribution in [2.45, 2.75) is 6.54 Å². The van der Waals surface area contributed by atoms with Crippen LogP contribution in [-0.4, -0.2) is 17.6 Å². The van der Waals surface area contributed by atoms with Crippen LogP contribution in [0.5, 0.6) is 0 Å². The topological polar surface area (TPSA) is 31.2 Å². The lowest BCUT2D eigenvalue weighted by Crippen LogP contribution is -2.10. The van der Waals surface area contributed by atoms with Gasteiger partial charge in [-0.2, -0.15) is 0 Å². The van der Waals surface area contributed by atoms with E-state index in [1.54, 1.807) is 11.3 Å². The number of fused-ring (bicyclic) bond motifs is 1. The number of thiophene rings is 1. The third-order valence-corrected chi connectivity index (χ3v) is 4.03. The fraction of sp³-hybridized carbons (Fsp3) is 0.133. The first-order chi connectivity index (χ1) is 9.29. The van der Waals surface area contributed by atoms with Crippen molar-refractivity contribution in [2.75, 3.05) is 7.11 Å². The van der Waals surface area contributed by atoms with Crippen LogP contribution in [0.1, 0.15) is 16.1 Å². The second kappa shape index (κ2) is 4.90. The summed E-state index contributed by atoms with van der Waals surface area (Å²) >= 11 is 1.64. The van der Waals surface area contributed by atoms with E-state index in [0.717, 1.165) is 10.2 Å². The van der Waals surface area contributed by atoms with E-state index in [1.807, 2.05) is 40.3 Å². The van der Waals surface area contributed by atoms with Gasteiger partial charge >= 0.3 is 5.97 Å². The van der Waals surface area contributed by atoms with Gasteiger partial charge in [0.1, 0.15) is 10.5 Å². The number of hydrogen-bond donors (Lipinski definition) is 0. The summed E-state index contributed by atoms with van der Waals surface area (Å²) in [6.45, 7) is 0.676. The highest BCUT2D eigenvalue weighted by Crippen LogP contribution is 2.26. The third-order valence-electron chi connectivity index (χ3n) is 3.08. The van der Waals surface area contributed by atoms with Gasteiger partial charge in [-0.15, -0.1) is 11.3 Å². The summed E-state index contributed by atoms with van der Waals surface area (Å²) in [6, 6.07) is 14.0. The standard InChI is InChI=1S/C15H13NO2S/c1-18-15(17)13-9-12-7-8-19-14(12)16(13)10-11-5-3-2-4-6-11/h2-9H,10H2,1H3. The van der Waals surface area contributed by atoms with Crippen molar-refractivity contribution in [3.05, 3.63) is 59.1 Å². The summed E-state index contributed by atoms with van der Waals surface area (Å²) < 4.78 is 6.87. The molecule has 0 N–H and O–H groups in total. The van der Waals surface area contributed by atoms with E-state index in [-0.39, 0.29) is 5.97 Å². The molecule has 0 aliphatic rings. The zero-order valence-corrected chi connectivity index (χ0v) is 11.3. The van der Waals surface area contributed by atoms with Gasteiger partial charge in [-0.3, -0.25) is 0 Å². The molecule has 3 nitrogen and oxygen atoms in total. The molecule has 0 radical (unpaired) electrons. The predicted octanol–water partition coefficient (Wildman–Crippen LogP) is 3.54. The summed E-state index contributed by atoms with van der Waals surface area (Å²) in [5.74, 6) is -0.292. The number of hydrogen-bond acceptors (Lipinski definition) is 3. The van der Waals surface area contributed by atoms with Gasteiger partial charge in [0.2, 0.25) is 0 Å². The number of esters is 1. The van der Waals surface area contributed by atoms with Gasteiger partial charge in [-0.25, -0.2) is 4.79 Å². The van der Waals surface area contributed by atoms with Gasteiger partial charge in [-0.05, 0) is 23.1 Å². The van der Waals surface area contributed by atoms with E-state index in [4.69, 9.17) is 4.74 Å². The highest BCUT2D eigenvalue weighted by molar-refractivity contribution is 7.16. The summed E-state index contributed by atoms with van der Waals surface area (Å²) in [6.07, 6.45) is 0. The van der Waals surface area contributed by atoms with Crippen LogP contribution in [0.25, 0.3) is 10.2 Å². The maximum absolute atomic E-state index is 11.9. The zero-order chi connectivity index (χ0) is 13.2. The molecule has 2 heterocycles. The van der Waals surface area contributed by atoms with Gasteiger partial charge in [0.05, 0.1) is 7.11 Å². The Morgan fingerprint density at radius 3 is 2.79 bits per heavy atom. The van der Waals surface area contributed by atoms with Crippen molar-refractivity contribution in [1.82, 2.24) is 4.57 Å². The Morgan fingerprint density at radius 1 is 1.26 bits per heavy atom. The van der Waals surface area contributed by atoms with E-state index in [9.17, 15) is 4.79 Å². The van der Waals surface area contributed by atoms with Crippen LogP contribution in [0.15, 0.2) is 47.8 Å². The van der Waals surface area contributed by atoms with Crippen molar-refractivity contribution < 1.29 is 9.53 Å². The van der Waals surface area contributed by atoms with Crippen molar-refractivity contribution in [3.8, 4) is 0 Å². The van der Waals surface area contributed by atoms with Gasteiger partial charge < -0.3 is 9.30 Å². The molecule has 0 saturated carbocycles. The van der Waals surface area contributed by atoms with Gasteiger partial charge in [0.15, 0.2) is 0 Å². The Kier molecular flexibility index (Phi) is 3.09. The molecular formula is C15H13NO2S. The molecule has 2 aromatic heterocycles. The van der Waals surface area contributed by atoms with Crippen molar-refractivity contribution in [1.29, 1.82) is 0 Å². The number of ether oxygens (including phenoxy) is 1. The maximum Gasteiger partial charge on any atom is 0.354 e. The lowest BCUT2D eigenvalue weighted by molar-refractivity contribution is 0.0589. The minimum atomic E-state index is -0.292. The molecule has 3 rings (SSSR count). The predicted molar refractivity (Wildman–Crippen MR) is 76.7 cm³/mol. The molecule has 96 valence electrons. The van der Waals surface area contributed by atoms with E-state index < -0.39 is 0 Å². The SMILES string of the molecule is COC(=O)c1cc2ccsc2n1Cc1ccccc1. The van der Waals surface area contributed by atoms with E-state index in [2.05, 4.69) is 12.1 Å². The number of benzene rings is 1. The lowest BCUT2D eigenvalue weighted by Gasteiger charge is -2.08. The normalized spacial score (nSPS) is 10.8. The molecular weight excluding hydrogens is 258 g/mol. The van der Waals surface area contributed by atoms with Gasteiger partial charge in [0, 0.05) is 11.9 Å². The first kappa shape index (κ1) is 12.0. The Hall–Kier alpha value is -2.07. The van der Waals surface area contributed by atoms with Crippen molar-refractivity contribution in [2.24, 2.45) is 0 Å². The minimum absolute atomic E-state index is 0.292. The molecule has 19 heavy (non-hydrogen) atoms. The Labute approximate surface area is 115 Å². The molecule has 1 aromatic carbocycles. The highest BCUT2D eigenvalue weighted by Gasteiger charge is 2.16. The molecule has 0 bridgehead atoms. The van der Waals surface area contributed by atoms with Crippen LogP contribution >= 0.6 is 11.3 Å². The molecule has 0 saturated heterocycles.